The molecule has 5 nitrogen and oxygen atoms in total. The third kappa shape index (κ3) is 1.47. The van der Waals surface area contributed by atoms with E-state index in [1.54, 1.807) is 0 Å². The lowest BCUT2D eigenvalue weighted by Gasteiger charge is -2.03. The summed E-state index contributed by atoms with van der Waals surface area (Å²) in [6, 6.07) is 1.50. The van der Waals surface area contributed by atoms with Crippen molar-refractivity contribution in [2.45, 2.75) is 6.92 Å². The quantitative estimate of drug-likeness (QED) is 0.723. The lowest BCUT2D eigenvalue weighted by atomic mass is 10.1. The number of aromatic nitrogens is 1. The zero-order chi connectivity index (χ0) is 10.9. The van der Waals surface area contributed by atoms with Crippen LogP contribution in [0.3, 0.4) is 0 Å². The number of H-pyrrole nitrogens is 1. The van der Waals surface area contributed by atoms with Crippen LogP contribution in [-0.2, 0) is 0 Å². The molecule has 0 saturated heterocycles. The van der Waals surface area contributed by atoms with Crippen LogP contribution in [-0.4, -0.2) is 16.1 Å². The number of halogens is 1. The molecule has 0 aliphatic heterocycles. The molecule has 1 aromatic rings. The molecule has 14 heavy (non-hydrogen) atoms. The van der Waals surface area contributed by atoms with E-state index >= 15 is 0 Å². The maximum Gasteiger partial charge on any atom is 0.338 e. The SMILES string of the molecule is Cc1[nH]c(=O)c(C#N)c(C(=O)O)c1Cl. The summed E-state index contributed by atoms with van der Waals surface area (Å²) in [5.41, 5.74) is -1.44. The number of pyridine rings is 1. The van der Waals surface area contributed by atoms with Crippen LogP contribution < -0.4 is 5.56 Å². The molecule has 1 heterocycles. The van der Waals surface area contributed by atoms with E-state index in [9.17, 15) is 9.59 Å². The fraction of sp³-hybridized carbons (Fsp3) is 0.125. The molecule has 0 fully saturated rings. The van der Waals surface area contributed by atoms with Crippen molar-refractivity contribution in [3.8, 4) is 6.07 Å². The Bertz CT molecular complexity index is 499. The lowest BCUT2D eigenvalue weighted by Crippen LogP contribution is -2.18. The summed E-state index contributed by atoms with van der Waals surface area (Å²) in [6.45, 7) is 1.46. The van der Waals surface area contributed by atoms with Gasteiger partial charge < -0.3 is 10.1 Å². The van der Waals surface area contributed by atoms with Crippen molar-refractivity contribution in [2.24, 2.45) is 0 Å². The van der Waals surface area contributed by atoms with Crippen LogP contribution >= 0.6 is 11.6 Å². The Morgan fingerprint density at radius 1 is 1.64 bits per heavy atom. The number of hydrogen-bond acceptors (Lipinski definition) is 3. The van der Waals surface area contributed by atoms with Gasteiger partial charge in [0.2, 0.25) is 0 Å². The second-order valence-corrected chi connectivity index (χ2v) is 2.94. The smallest absolute Gasteiger partial charge is 0.338 e. The Kier molecular flexibility index (Phi) is 2.58. The largest absolute Gasteiger partial charge is 0.478 e. The van der Waals surface area contributed by atoms with E-state index in [0.717, 1.165) is 0 Å². The molecule has 6 heteroatoms. The molecule has 1 rings (SSSR count). The van der Waals surface area contributed by atoms with Gasteiger partial charge in [-0.1, -0.05) is 11.6 Å². The third-order valence-electron chi connectivity index (χ3n) is 1.65. The average Bonchev–Trinajstić information content (AvgIpc) is 2.10. The number of nitrogens with one attached hydrogen (secondary N) is 1. The number of nitriles is 1. The van der Waals surface area contributed by atoms with E-state index in [0.29, 0.717) is 0 Å². The summed E-state index contributed by atoms with van der Waals surface area (Å²) in [5.74, 6) is -1.39. The fourth-order valence-corrected chi connectivity index (χ4v) is 1.23. The van der Waals surface area contributed by atoms with Crippen molar-refractivity contribution in [3.63, 3.8) is 0 Å². The first-order valence-electron chi connectivity index (χ1n) is 3.54. The molecule has 2 N–H and O–H groups in total. The van der Waals surface area contributed by atoms with E-state index < -0.39 is 22.7 Å². The minimum Gasteiger partial charge on any atom is -0.478 e. The Morgan fingerprint density at radius 3 is 2.64 bits per heavy atom. The molecular formula is C8H5ClN2O3. The monoisotopic (exact) mass is 212 g/mol. The highest BCUT2D eigenvalue weighted by Gasteiger charge is 2.19. The summed E-state index contributed by atoms with van der Waals surface area (Å²) >= 11 is 5.64. The highest BCUT2D eigenvalue weighted by atomic mass is 35.5. The molecule has 0 bridgehead atoms. The van der Waals surface area contributed by atoms with E-state index in [2.05, 4.69) is 4.98 Å². The number of aromatic amines is 1. The minimum absolute atomic E-state index is 0.117. The highest BCUT2D eigenvalue weighted by molar-refractivity contribution is 6.34. The van der Waals surface area contributed by atoms with Crippen molar-refractivity contribution in [1.29, 1.82) is 5.26 Å². The molecule has 0 aromatic carbocycles. The maximum absolute atomic E-state index is 11.1. The number of hydrogen-bond donors (Lipinski definition) is 2. The molecule has 0 unspecified atom stereocenters. The van der Waals surface area contributed by atoms with Crippen molar-refractivity contribution in [1.82, 2.24) is 4.98 Å². The first kappa shape index (κ1) is 10.3. The molecule has 0 aliphatic carbocycles. The Morgan fingerprint density at radius 2 is 2.21 bits per heavy atom. The van der Waals surface area contributed by atoms with Crippen LogP contribution in [0.4, 0.5) is 0 Å². The predicted octanol–water partition coefficient (Wildman–Crippen LogP) is 0.907. The summed E-state index contributed by atoms with van der Waals surface area (Å²) in [5, 5.41) is 17.2. The Balaban J connectivity index is 3.77. The van der Waals surface area contributed by atoms with Crippen molar-refractivity contribution >= 4 is 17.6 Å². The predicted molar refractivity (Wildman–Crippen MR) is 48.5 cm³/mol. The number of carboxylic acids is 1. The number of carboxylic acid groups (broad SMARTS) is 1. The summed E-state index contributed by atoms with van der Waals surface area (Å²) in [7, 11) is 0. The van der Waals surface area contributed by atoms with Gasteiger partial charge in [-0.2, -0.15) is 5.26 Å². The van der Waals surface area contributed by atoms with Crippen LogP contribution in [0.25, 0.3) is 0 Å². The molecule has 0 atom stereocenters. The van der Waals surface area contributed by atoms with Crippen molar-refractivity contribution in [3.05, 3.63) is 32.2 Å². The van der Waals surface area contributed by atoms with E-state index in [1.165, 1.54) is 13.0 Å². The molecule has 1 aromatic heterocycles. The molecule has 72 valence electrons. The van der Waals surface area contributed by atoms with Crippen LogP contribution in [0.2, 0.25) is 5.02 Å². The van der Waals surface area contributed by atoms with Gasteiger partial charge in [-0.15, -0.1) is 0 Å². The first-order valence-corrected chi connectivity index (χ1v) is 3.92. The number of nitrogens with zero attached hydrogens (tertiary/aromatic N) is 1. The van der Waals surface area contributed by atoms with Gasteiger partial charge in [0.15, 0.2) is 0 Å². The highest BCUT2D eigenvalue weighted by Crippen LogP contribution is 2.19. The summed E-state index contributed by atoms with van der Waals surface area (Å²) in [4.78, 5) is 24.1. The normalized spacial score (nSPS) is 9.50. The van der Waals surface area contributed by atoms with Gasteiger partial charge in [0.25, 0.3) is 5.56 Å². The van der Waals surface area contributed by atoms with E-state index in [-0.39, 0.29) is 10.7 Å². The van der Waals surface area contributed by atoms with Gasteiger partial charge in [-0.05, 0) is 6.92 Å². The first-order chi connectivity index (χ1) is 6.49. The van der Waals surface area contributed by atoms with Crippen molar-refractivity contribution < 1.29 is 9.90 Å². The molecule has 0 spiro atoms. The molecule has 0 radical (unpaired) electrons. The topological polar surface area (TPSA) is 94.0 Å². The van der Waals surface area contributed by atoms with Crippen molar-refractivity contribution in [2.75, 3.05) is 0 Å². The third-order valence-corrected chi connectivity index (χ3v) is 2.12. The van der Waals surface area contributed by atoms with Crippen LogP contribution in [0.1, 0.15) is 21.6 Å². The Hall–Kier alpha value is -1.80. The van der Waals surface area contributed by atoms with Gasteiger partial charge in [-0.25, -0.2) is 4.79 Å². The van der Waals surface area contributed by atoms with E-state index in [1.807, 2.05) is 0 Å². The standard InChI is InChI=1S/C8H5ClN2O3/c1-3-6(9)5(8(13)14)4(2-10)7(12)11-3/h1H3,(H,11,12)(H,13,14). The van der Waals surface area contributed by atoms with Gasteiger partial charge >= 0.3 is 5.97 Å². The molecule has 0 saturated carbocycles. The zero-order valence-corrected chi connectivity index (χ0v) is 7.84. The minimum atomic E-state index is -1.39. The lowest BCUT2D eigenvalue weighted by molar-refractivity contribution is 0.0696. The number of aromatic carboxylic acids is 1. The summed E-state index contributed by atoms with van der Waals surface area (Å²) < 4.78 is 0. The number of rotatable bonds is 1. The van der Waals surface area contributed by atoms with Gasteiger partial charge in [0.1, 0.15) is 17.2 Å². The number of aryl methyl sites for hydroxylation is 1. The Labute approximate surface area is 83.6 Å². The van der Waals surface area contributed by atoms with Crippen LogP contribution in [0, 0.1) is 18.3 Å². The average molecular weight is 213 g/mol. The van der Waals surface area contributed by atoms with Crippen LogP contribution in [0.15, 0.2) is 4.79 Å². The second kappa shape index (κ2) is 3.52. The fourth-order valence-electron chi connectivity index (χ4n) is 1.01. The van der Waals surface area contributed by atoms with E-state index in [4.69, 9.17) is 22.0 Å². The molecule has 0 aliphatic rings. The maximum atomic E-state index is 11.1. The molecule has 0 amide bonds. The van der Waals surface area contributed by atoms with Gasteiger partial charge in [0, 0.05) is 5.69 Å². The summed E-state index contributed by atoms with van der Waals surface area (Å²) in [6.07, 6.45) is 0. The van der Waals surface area contributed by atoms with Gasteiger partial charge in [0.05, 0.1) is 5.02 Å². The second-order valence-electron chi connectivity index (χ2n) is 2.56. The number of carbonyl (C=O) groups is 1. The van der Waals surface area contributed by atoms with Gasteiger partial charge in [-0.3, -0.25) is 4.79 Å². The zero-order valence-electron chi connectivity index (χ0n) is 7.09. The van der Waals surface area contributed by atoms with Crippen LogP contribution in [0.5, 0.6) is 0 Å². The molecular weight excluding hydrogens is 208 g/mol.